The van der Waals surface area contributed by atoms with E-state index in [1.54, 1.807) is 6.92 Å². The number of hydrogen-bond acceptors (Lipinski definition) is 5. The van der Waals surface area contributed by atoms with Crippen LogP contribution in [-0.2, 0) is 32.1 Å². The van der Waals surface area contributed by atoms with Gasteiger partial charge in [-0.15, -0.1) is 0 Å². The largest absolute Gasteiger partial charge is 0.481 e. The Morgan fingerprint density at radius 3 is 2.13 bits per heavy atom. The third-order valence-corrected chi connectivity index (χ3v) is 4.67. The summed E-state index contributed by atoms with van der Waals surface area (Å²) in [6.07, 6.45) is -0.135. The lowest BCUT2D eigenvalue weighted by atomic mass is 9.94. The lowest BCUT2D eigenvalue weighted by Gasteiger charge is -2.22. The van der Waals surface area contributed by atoms with Gasteiger partial charge in [0, 0.05) is 0 Å². The molecule has 1 amide bonds. The highest BCUT2D eigenvalue weighted by atomic mass is 16.5. The van der Waals surface area contributed by atoms with Gasteiger partial charge in [0.15, 0.2) is 5.81 Å². The Labute approximate surface area is 183 Å². The summed E-state index contributed by atoms with van der Waals surface area (Å²) >= 11 is 0. The number of rotatable bonds is 12. The average molecular weight is 425 g/mol. The Kier molecular flexibility index (Phi) is 9.77. The van der Waals surface area contributed by atoms with Crippen molar-refractivity contribution in [1.29, 1.82) is 0 Å². The van der Waals surface area contributed by atoms with E-state index >= 15 is 0 Å². The van der Waals surface area contributed by atoms with Crippen molar-refractivity contribution in [3.63, 3.8) is 0 Å². The highest BCUT2D eigenvalue weighted by Crippen LogP contribution is 2.17. The molecular formula is C23H28BNO6. The predicted molar refractivity (Wildman–Crippen MR) is 118 cm³/mol. The fourth-order valence-corrected chi connectivity index (χ4v) is 3.18. The smallest absolute Gasteiger partial charge is 0.331 e. The summed E-state index contributed by atoms with van der Waals surface area (Å²) in [7, 11) is 1.31. The molecule has 0 aromatic heterocycles. The third kappa shape index (κ3) is 9.05. The van der Waals surface area contributed by atoms with E-state index in [1.165, 1.54) is 7.85 Å². The number of esters is 1. The van der Waals surface area contributed by atoms with Crippen LogP contribution >= 0.6 is 0 Å². The van der Waals surface area contributed by atoms with E-state index in [0.717, 1.165) is 11.1 Å². The second-order valence-corrected chi connectivity index (χ2v) is 7.46. The van der Waals surface area contributed by atoms with Gasteiger partial charge < -0.3 is 19.9 Å². The molecule has 3 atom stereocenters. The molecule has 0 heterocycles. The van der Waals surface area contributed by atoms with Crippen LogP contribution in [0.4, 0.5) is 4.79 Å². The molecule has 0 saturated heterocycles. The van der Waals surface area contributed by atoms with Gasteiger partial charge in [-0.2, -0.15) is 0 Å². The van der Waals surface area contributed by atoms with Gasteiger partial charge in [-0.05, 0) is 30.9 Å². The first-order chi connectivity index (χ1) is 14.8. The number of carbonyl (C=O) groups excluding carboxylic acids is 2. The molecule has 2 rings (SSSR count). The SMILES string of the molecule is BC(=O)N[C@@H](COCc1ccccc1)C(=O)O[C@@H](C)C[C@@H](Cc1ccccc1)C(=O)O. The maximum absolute atomic E-state index is 12.6. The van der Waals surface area contributed by atoms with Crippen LogP contribution in [0.25, 0.3) is 0 Å². The molecule has 0 unspecified atom stereocenters. The number of ether oxygens (including phenoxy) is 2. The summed E-state index contributed by atoms with van der Waals surface area (Å²) in [5.41, 5.74) is 1.84. The lowest BCUT2D eigenvalue weighted by Crippen LogP contribution is -2.45. The topological polar surface area (TPSA) is 102 Å². The van der Waals surface area contributed by atoms with Gasteiger partial charge in [-0.3, -0.25) is 9.59 Å². The number of carbonyl (C=O) groups is 3. The molecule has 0 bridgehead atoms. The van der Waals surface area contributed by atoms with Crippen LogP contribution < -0.4 is 5.32 Å². The zero-order chi connectivity index (χ0) is 22.6. The van der Waals surface area contributed by atoms with E-state index in [9.17, 15) is 19.5 Å². The normalized spacial score (nSPS) is 13.6. The van der Waals surface area contributed by atoms with Crippen molar-refractivity contribution in [2.45, 2.75) is 38.5 Å². The van der Waals surface area contributed by atoms with Crippen LogP contribution in [0, 0.1) is 5.92 Å². The molecule has 0 saturated carbocycles. The minimum absolute atomic E-state index is 0.0492. The van der Waals surface area contributed by atoms with Crippen molar-refractivity contribution in [1.82, 2.24) is 5.32 Å². The van der Waals surface area contributed by atoms with E-state index in [-0.39, 0.29) is 25.4 Å². The highest BCUT2D eigenvalue weighted by molar-refractivity contribution is 6.57. The highest BCUT2D eigenvalue weighted by Gasteiger charge is 2.27. The fourth-order valence-electron chi connectivity index (χ4n) is 3.18. The van der Waals surface area contributed by atoms with E-state index in [4.69, 9.17) is 9.47 Å². The summed E-state index contributed by atoms with van der Waals surface area (Å²) in [6.45, 7) is 1.89. The van der Waals surface area contributed by atoms with Crippen LogP contribution in [0.1, 0.15) is 24.5 Å². The van der Waals surface area contributed by atoms with E-state index in [2.05, 4.69) is 5.32 Å². The Balaban J connectivity index is 1.90. The zero-order valence-electron chi connectivity index (χ0n) is 17.8. The molecule has 8 heteroatoms. The number of hydrogen-bond donors (Lipinski definition) is 2. The molecule has 31 heavy (non-hydrogen) atoms. The molecule has 2 aromatic carbocycles. The van der Waals surface area contributed by atoms with Gasteiger partial charge >= 0.3 is 11.9 Å². The van der Waals surface area contributed by atoms with Gasteiger partial charge in [0.1, 0.15) is 6.04 Å². The number of aliphatic carboxylic acids is 1. The molecule has 0 aliphatic rings. The predicted octanol–water partition coefficient (Wildman–Crippen LogP) is 2.18. The van der Waals surface area contributed by atoms with Gasteiger partial charge in [-0.1, -0.05) is 60.7 Å². The van der Waals surface area contributed by atoms with Crippen molar-refractivity contribution in [2.24, 2.45) is 5.92 Å². The fraction of sp³-hybridized carbons (Fsp3) is 0.348. The average Bonchev–Trinajstić information content (AvgIpc) is 2.73. The van der Waals surface area contributed by atoms with Gasteiger partial charge in [0.05, 0.1) is 25.2 Å². The second-order valence-electron chi connectivity index (χ2n) is 7.46. The monoisotopic (exact) mass is 425 g/mol. The quantitative estimate of drug-likeness (QED) is 0.399. The molecule has 0 aliphatic carbocycles. The molecule has 2 aromatic rings. The lowest BCUT2D eigenvalue weighted by molar-refractivity contribution is -0.155. The Morgan fingerprint density at radius 1 is 1.00 bits per heavy atom. The van der Waals surface area contributed by atoms with Crippen LogP contribution in [0.5, 0.6) is 0 Å². The molecular weight excluding hydrogens is 397 g/mol. The molecule has 2 N–H and O–H groups in total. The van der Waals surface area contributed by atoms with Crippen LogP contribution in [-0.4, -0.2) is 49.5 Å². The van der Waals surface area contributed by atoms with E-state index in [1.807, 2.05) is 60.7 Å². The molecule has 0 fully saturated rings. The minimum Gasteiger partial charge on any atom is -0.481 e. The van der Waals surface area contributed by atoms with Crippen molar-refractivity contribution in [3.8, 4) is 0 Å². The first kappa shape index (κ1) is 24.1. The summed E-state index contributed by atoms with van der Waals surface area (Å²) in [5, 5.41) is 12.1. The van der Waals surface area contributed by atoms with Gasteiger partial charge in [-0.25, -0.2) is 4.79 Å². The summed E-state index contributed by atoms with van der Waals surface area (Å²) < 4.78 is 11.0. The molecule has 164 valence electrons. The van der Waals surface area contributed by atoms with Gasteiger partial charge in [0.25, 0.3) is 0 Å². The van der Waals surface area contributed by atoms with Crippen molar-refractivity contribution in [3.05, 3.63) is 71.8 Å². The van der Waals surface area contributed by atoms with Crippen LogP contribution in [0.3, 0.4) is 0 Å². The summed E-state index contributed by atoms with van der Waals surface area (Å²) in [5.74, 6) is -2.68. The zero-order valence-corrected chi connectivity index (χ0v) is 17.8. The van der Waals surface area contributed by atoms with Crippen LogP contribution in [0.2, 0.25) is 0 Å². The Bertz CT molecular complexity index is 846. The van der Waals surface area contributed by atoms with Gasteiger partial charge in [0.2, 0.25) is 7.85 Å². The third-order valence-electron chi connectivity index (χ3n) is 4.67. The van der Waals surface area contributed by atoms with Crippen molar-refractivity contribution < 1.29 is 29.0 Å². The van der Waals surface area contributed by atoms with Crippen molar-refractivity contribution in [2.75, 3.05) is 6.61 Å². The maximum atomic E-state index is 12.6. The van der Waals surface area contributed by atoms with E-state index in [0.29, 0.717) is 6.42 Å². The number of benzene rings is 2. The number of carboxylic acid groups (broad SMARTS) is 1. The number of nitrogens with one attached hydrogen (secondary N) is 1. The summed E-state index contributed by atoms with van der Waals surface area (Å²) in [6, 6.07) is 17.8. The number of amides is 1. The summed E-state index contributed by atoms with van der Waals surface area (Å²) in [4.78, 5) is 35.7. The van der Waals surface area contributed by atoms with Crippen LogP contribution in [0.15, 0.2) is 60.7 Å². The minimum atomic E-state index is -0.971. The Hall–Kier alpha value is -3.13. The first-order valence-corrected chi connectivity index (χ1v) is 10.2. The maximum Gasteiger partial charge on any atom is 0.331 e. The second kappa shape index (κ2) is 12.5. The van der Waals surface area contributed by atoms with Crippen molar-refractivity contribution >= 4 is 25.6 Å². The first-order valence-electron chi connectivity index (χ1n) is 10.2. The Morgan fingerprint density at radius 2 is 1.58 bits per heavy atom. The molecule has 7 nitrogen and oxygen atoms in total. The molecule has 0 aliphatic heterocycles. The standard InChI is InChI=1S/C23H28BNO6/c1-16(12-19(21(26)27)13-17-8-4-2-5-9-17)31-22(28)20(25-23(24)29)15-30-14-18-10-6-3-7-11-18/h2-11,16,19-20H,12-15,24H2,1H3,(H,25,29)(H,26,27)/t16-,19-,20-/m0/s1. The molecule has 0 radical (unpaired) electrons. The number of carboxylic acids is 1. The molecule has 0 spiro atoms. The van der Waals surface area contributed by atoms with E-state index < -0.39 is 30.0 Å².